The third-order valence-corrected chi connectivity index (χ3v) is 3.85. The second kappa shape index (κ2) is 6.00. The summed E-state index contributed by atoms with van der Waals surface area (Å²) in [6.45, 7) is 0.493. The summed E-state index contributed by atoms with van der Waals surface area (Å²) in [7, 11) is 0. The van der Waals surface area contributed by atoms with E-state index in [4.69, 9.17) is 0 Å². The van der Waals surface area contributed by atoms with Crippen LogP contribution in [-0.4, -0.2) is 20.7 Å². The van der Waals surface area contributed by atoms with Crippen LogP contribution in [0.5, 0.6) is 0 Å². The van der Waals surface area contributed by atoms with Crippen molar-refractivity contribution in [2.24, 2.45) is 0 Å². The summed E-state index contributed by atoms with van der Waals surface area (Å²) in [5.74, 6) is 0.578. The Kier molecular flexibility index (Phi) is 3.55. The SMILES string of the molecule is O=C(NCc1ccccc1)c1ccc2c(c1)-c1ncnn1C=CN2. The van der Waals surface area contributed by atoms with Crippen LogP contribution < -0.4 is 10.6 Å². The van der Waals surface area contributed by atoms with Crippen molar-refractivity contribution < 1.29 is 4.79 Å². The second-order valence-electron chi connectivity index (χ2n) is 5.42. The zero-order valence-corrected chi connectivity index (χ0v) is 12.8. The van der Waals surface area contributed by atoms with Crippen LogP contribution in [0, 0.1) is 0 Å². The third-order valence-electron chi connectivity index (χ3n) is 3.85. The normalized spacial score (nSPS) is 11.8. The Labute approximate surface area is 138 Å². The van der Waals surface area contributed by atoms with Gasteiger partial charge in [-0.3, -0.25) is 4.79 Å². The maximum absolute atomic E-state index is 12.5. The summed E-state index contributed by atoms with van der Waals surface area (Å²) >= 11 is 0. The summed E-state index contributed by atoms with van der Waals surface area (Å²) in [6.07, 6.45) is 5.08. The molecule has 2 N–H and O–H groups in total. The lowest BCUT2D eigenvalue weighted by atomic mass is 10.1. The highest BCUT2D eigenvalue weighted by molar-refractivity contribution is 5.97. The molecule has 0 spiro atoms. The fourth-order valence-electron chi connectivity index (χ4n) is 2.63. The number of carbonyl (C=O) groups excluding carboxylic acids is 1. The molecule has 118 valence electrons. The minimum atomic E-state index is -0.120. The molecule has 0 atom stereocenters. The van der Waals surface area contributed by atoms with E-state index in [2.05, 4.69) is 20.7 Å². The number of benzene rings is 2. The van der Waals surface area contributed by atoms with Gasteiger partial charge in [0.05, 0.1) is 0 Å². The van der Waals surface area contributed by atoms with E-state index in [0.29, 0.717) is 17.9 Å². The molecule has 1 aromatic heterocycles. The Balaban J connectivity index is 1.59. The number of hydrogen-bond acceptors (Lipinski definition) is 4. The standard InChI is InChI=1S/C18H15N5O/c24-18(20-11-13-4-2-1-3-5-13)14-6-7-16-15(10-14)17-21-12-22-23(17)9-8-19-16/h1-10,12,19H,11H2,(H,20,24). The smallest absolute Gasteiger partial charge is 0.251 e. The van der Waals surface area contributed by atoms with E-state index in [1.54, 1.807) is 23.1 Å². The lowest BCUT2D eigenvalue weighted by molar-refractivity contribution is 0.0951. The number of hydrogen-bond donors (Lipinski definition) is 2. The molecule has 0 saturated heterocycles. The summed E-state index contributed by atoms with van der Waals surface area (Å²) in [5.41, 5.74) is 3.37. The number of rotatable bonds is 3. The van der Waals surface area contributed by atoms with E-state index < -0.39 is 0 Å². The zero-order chi connectivity index (χ0) is 16.4. The largest absolute Gasteiger partial charge is 0.360 e. The number of amides is 1. The van der Waals surface area contributed by atoms with Crippen molar-refractivity contribution in [2.45, 2.75) is 6.54 Å². The van der Waals surface area contributed by atoms with Crippen molar-refractivity contribution in [3.8, 4) is 11.4 Å². The molecule has 0 fully saturated rings. The van der Waals surface area contributed by atoms with Gasteiger partial charge in [0.25, 0.3) is 5.91 Å². The number of anilines is 1. The average Bonchev–Trinajstić information content (AvgIpc) is 3.02. The van der Waals surface area contributed by atoms with E-state index in [0.717, 1.165) is 16.8 Å². The van der Waals surface area contributed by atoms with Crippen LogP contribution >= 0.6 is 0 Å². The highest BCUT2D eigenvalue weighted by atomic mass is 16.1. The molecule has 1 aliphatic heterocycles. The molecule has 1 amide bonds. The molecule has 0 unspecified atom stereocenters. The first-order valence-corrected chi connectivity index (χ1v) is 7.60. The molecule has 2 aromatic carbocycles. The maximum atomic E-state index is 12.5. The predicted octanol–water partition coefficient (Wildman–Crippen LogP) is 2.73. The first-order chi connectivity index (χ1) is 11.8. The van der Waals surface area contributed by atoms with Crippen LogP contribution in [0.1, 0.15) is 15.9 Å². The summed E-state index contributed by atoms with van der Waals surface area (Å²) < 4.78 is 1.67. The van der Waals surface area contributed by atoms with Crippen LogP contribution in [-0.2, 0) is 6.54 Å². The van der Waals surface area contributed by atoms with Crippen molar-refractivity contribution in [3.05, 3.63) is 72.2 Å². The van der Waals surface area contributed by atoms with Crippen molar-refractivity contribution >= 4 is 17.8 Å². The minimum Gasteiger partial charge on any atom is -0.360 e. The highest BCUT2D eigenvalue weighted by Gasteiger charge is 2.16. The number of aromatic nitrogens is 3. The molecule has 0 saturated carbocycles. The molecule has 24 heavy (non-hydrogen) atoms. The Hall–Kier alpha value is -3.41. The van der Waals surface area contributed by atoms with Gasteiger partial charge in [0.1, 0.15) is 6.33 Å². The Bertz CT molecular complexity index is 914. The molecule has 4 rings (SSSR count). The van der Waals surface area contributed by atoms with Crippen LogP contribution in [0.15, 0.2) is 61.1 Å². The van der Waals surface area contributed by atoms with E-state index in [9.17, 15) is 4.79 Å². The number of carbonyl (C=O) groups is 1. The number of nitrogens with one attached hydrogen (secondary N) is 2. The summed E-state index contributed by atoms with van der Waals surface area (Å²) in [4.78, 5) is 16.7. The van der Waals surface area contributed by atoms with E-state index in [1.807, 2.05) is 42.5 Å². The van der Waals surface area contributed by atoms with E-state index in [-0.39, 0.29) is 5.91 Å². The summed E-state index contributed by atoms with van der Waals surface area (Å²) in [6, 6.07) is 15.3. The van der Waals surface area contributed by atoms with Crippen LogP contribution in [0.3, 0.4) is 0 Å². The van der Waals surface area contributed by atoms with Crippen molar-refractivity contribution in [2.75, 3.05) is 5.32 Å². The molecule has 0 aliphatic carbocycles. The number of nitrogens with zero attached hydrogens (tertiary/aromatic N) is 3. The molecule has 1 aliphatic rings. The second-order valence-corrected chi connectivity index (χ2v) is 5.42. The molecular weight excluding hydrogens is 302 g/mol. The van der Waals surface area contributed by atoms with Crippen LogP contribution in [0.25, 0.3) is 17.6 Å². The third kappa shape index (κ3) is 2.65. The lowest BCUT2D eigenvalue weighted by Gasteiger charge is -2.10. The van der Waals surface area contributed by atoms with Gasteiger partial charge in [-0.1, -0.05) is 30.3 Å². The first-order valence-electron chi connectivity index (χ1n) is 7.60. The molecular formula is C18H15N5O. The lowest BCUT2D eigenvalue weighted by Crippen LogP contribution is -2.22. The van der Waals surface area contributed by atoms with Crippen molar-refractivity contribution in [1.82, 2.24) is 20.1 Å². The quantitative estimate of drug-likeness (QED) is 0.779. The molecule has 3 aromatic rings. The molecule has 0 bridgehead atoms. The molecule has 6 nitrogen and oxygen atoms in total. The Morgan fingerprint density at radius 3 is 2.92 bits per heavy atom. The van der Waals surface area contributed by atoms with Gasteiger partial charge in [-0.25, -0.2) is 9.67 Å². The van der Waals surface area contributed by atoms with Gasteiger partial charge in [0, 0.05) is 35.8 Å². The van der Waals surface area contributed by atoms with Crippen molar-refractivity contribution in [3.63, 3.8) is 0 Å². The topological polar surface area (TPSA) is 71.8 Å². The van der Waals surface area contributed by atoms with Crippen molar-refractivity contribution in [1.29, 1.82) is 0 Å². The molecule has 2 heterocycles. The van der Waals surface area contributed by atoms with Gasteiger partial charge in [-0.05, 0) is 23.8 Å². The predicted molar refractivity (Wildman–Crippen MR) is 92.0 cm³/mol. The molecule has 0 radical (unpaired) electrons. The van der Waals surface area contributed by atoms with Gasteiger partial charge in [-0.15, -0.1) is 0 Å². The van der Waals surface area contributed by atoms with Crippen LogP contribution in [0.4, 0.5) is 5.69 Å². The Morgan fingerprint density at radius 2 is 2.04 bits per heavy atom. The number of fused-ring (bicyclic) bond motifs is 3. The molecule has 6 heteroatoms. The van der Waals surface area contributed by atoms with Crippen LogP contribution in [0.2, 0.25) is 0 Å². The van der Waals surface area contributed by atoms with Gasteiger partial charge < -0.3 is 10.6 Å². The highest BCUT2D eigenvalue weighted by Crippen LogP contribution is 2.29. The first kappa shape index (κ1) is 14.2. The van der Waals surface area contributed by atoms with Gasteiger partial charge >= 0.3 is 0 Å². The van der Waals surface area contributed by atoms with E-state index in [1.165, 1.54) is 6.33 Å². The van der Waals surface area contributed by atoms with Gasteiger partial charge in [-0.2, -0.15) is 5.10 Å². The van der Waals surface area contributed by atoms with Gasteiger partial charge in [0.15, 0.2) is 5.82 Å². The summed E-state index contributed by atoms with van der Waals surface area (Å²) in [5, 5.41) is 10.3. The fraction of sp³-hybridized carbons (Fsp3) is 0.0556. The van der Waals surface area contributed by atoms with E-state index >= 15 is 0 Å². The zero-order valence-electron chi connectivity index (χ0n) is 12.8. The maximum Gasteiger partial charge on any atom is 0.251 e. The average molecular weight is 317 g/mol. The Morgan fingerprint density at radius 1 is 1.17 bits per heavy atom. The minimum absolute atomic E-state index is 0.120. The van der Waals surface area contributed by atoms with Gasteiger partial charge in [0.2, 0.25) is 0 Å². The monoisotopic (exact) mass is 317 g/mol. The fourth-order valence-corrected chi connectivity index (χ4v) is 2.63.